The number of imidazole rings is 1. The van der Waals surface area contributed by atoms with Crippen LogP contribution in [0.15, 0.2) is 48.0 Å². The minimum Gasteiger partial charge on any atom is -0.305 e. The highest BCUT2D eigenvalue weighted by molar-refractivity contribution is 7.96. The predicted octanol–water partition coefficient (Wildman–Crippen LogP) is 7.54. The number of hydrogen-bond donors (Lipinski definition) is 0. The zero-order valence-electron chi connectivity index (χ0n) is 22.3. The summed E-state index contributed by atoms with van der Waals surface area (Å²) in [5, 5.41) is 3.15. The Balaban J connectivity index is 1.45. The lowest BCUT2D eigenvalue weighted by Crippen LogP contribution is -2.27. The first-order chi connectivity index (χ1) is 17.3. The van der Waals surface area contributed by atoms with Gasteiger partial charge in [-0.05, 0) is 54.0 Å². The Morgan fingerprint density at radius 3 is 2.42 bits per heavy atom. The number of pyridine rings is 1. The normalized spacial score (nSPS) is 15.6. The van der Waals surface area contributed by atoms with Crippen molar-refractivity contribution in [3.63, 3.8) is 0 Å². The van der Waals surface area contributed by atoms with Gasteiger partial charge in [-0.25, -0.2) is 9.97 Å². The van der Waals surface area contributed by atoms with E-state index in [1.165, 1.54) is 24.0 Å². The summed E-state index contributed by atoms with van der Waals surface area (Å²) in [5.41, 5.74) is 7.20. The molecule has 0 amide bonds. The van der Waals surface area contributed by atoms with Crippen molar-refractivity contribution >= 4 is 39.9 Å². The smallest absolute Gasteiger partial charge is 0.191 e. The van der Waals surface area contributed by atoms with Crippen molar-refractivity contribution in [1.82, 2.24) is 18.7 Å². The number of piperidine rings is 1. The van der Waals surface area contributed by atoms with Crippen molar-refractivity contribution in [3.05, 3.63) is 64.8 Å². The van der Waals surface area contributed by atoms with Gasteiger partial charge in [-0.1, -0.05) is 70.0 Å². The van der Waals surface area contributed by atoms with Gasteiger partial charge < -0.3 is 4.90 Å². The number of fused-ring (bicyclic) bond motifs is 1. The standard InChI is InChI=1S/C29H37N5S2/c1-7-24-27(34-18-22(10-13-26(34)30-24)20-14-16-33(35-6)17-15-20)32(5)28-31-25(19-36-28)21-8-11-23(12-9-21)29(2,3)4/h8-13,18-20H,7,14-17H2,1-6H3. The fourth-order valence-corrected chi connectivity index (χ4v) is 6.46. The van der Waals surface area contributed by atoms with Crippen molar-refractivity contribution < 1.29 is 0 Å². The number of thiazole rings is 1. The van der Waals surface area contributed by atoms with E-state index in [0.717, 1.165) is 53.1 Å². The molecule has 1 aliphatic heterocycles. The van der Waals surface area contributed by atoms with Crippen LogP contribution in [-0.4, -0.2) is 45.1 Å². The molecule has 1 fully saturated rings. The maximum atomic E-state index is 5.04. The lowest BCUT2D eigenvalue weighted by atomic mass is 9.86. The molecule has 0 aliphatic carbocycles. The number of rotatable bonds is 6. The first-order valence-electron chi connectivity index (χ1n) is 12.9. The van der Waals surface area contributed by atoms with Crippen LogP contribution in [0.25, 0.3) is 16.9 Å². The molecular weight excluding hydrogens is 482 g/mol. The summed E-state index contributed by atoms with van der Waals surface area (Å²) in [7, 11) is 2.12. The van der Waals surface area contributed by atoms with E-state index in [9.17, 15) is 0 Å². The first kappa shape index (κ1) is 25.3. The Kier molecular flexibility index (Phi) is 7.16. The maximum absolute atomic E-state index is 5.04. The van der Waals surface area contributed by atoms with Crippen molar-refractivity contribution in [2.45, 2.75) is 58.3 Å². The third kappa shape index (κ3) is 4.93. The zero-order valence-corrected chi connectivity index (χ0v) is 23.9. The Bertz CT molecular complexity index is 1320. The molecule has 1 aromatic carbocycles. The first-order valence-corrected chi connectivity index (χ1v) is 14.9. The molecule has 0 spiro atoms. The molecular formula is C29H37N5S2. The lowest BCUT2D eigenvalue weighted by molar-refractivity contribution is 0.346. The van der Waals surface area contributed by atoms with E-state index in [-0.39, 0.29) is 5.41 Å². The molecule has 0 N–H and O–H groups in total. The van der Waals surface area contributed by atoms with Crippen LogP contribution in [0.2, 0.25) is 0 Å². The van der Waals surface area contributed by atoms with Gasteiger partial charge in [0.2, 0.25) is 0 Å². The highest BCUT2D eigenvalue weighted by Crippen LogP contribution is 2.36. The molecule has 4 aromatic rings. The lowest BCUT2D eigenvalue weighted by Gasteiger charge is -2.30. The molecule has 0 bridgehead atoms. The van der Waals surface area contributed by atoms with E-state index in [1.807, 2.05) is 11.9 Å². The number of hydrogen-bond acceptors (Lipinski definition) is 6. The predicted molar refractivity (Wildman–Crippen MR) is 156 cm³/mol. The highest BCUT2D eigenvalue weighted by atomic mass is 32.2. The van der Waals surface area contributed by atoms with Gasteiger partial charge in [0, 0.05) is 37.3 Å². The van der Waals surface area contributed by atoms with Crippen LogP contribution in [-0.2, 0) is 11.8 Å². The Labute approximate surface area is 223 Å². The van der Waals surface area contributed by atoms with E-state index >= 15 is 0 Å². The van der Waals surface area contributed by atoms with Gasteiger partial charge in [0.05, 0.1) is 11.4 Å². The van der Waals surface area contributed by atoms with Crippen molar-refractivity contribution in [1.29, 1.82) is 0 Å². The highest BCUT2D eigenvalue weighted by Gasteiger charge is 2.23. The van der Waals surface area contributed by atoms with Crippen molar-refractivity contribution in [2.24, 2.45) is 0 Å². The number of aromatic nitrogens is 3. The maximum Gasteiger partial charge on any atom is 0.191 e. The third-order valence-corrected chi connectivity index (χ3v) is 9.15. The molecule has 4 heterocycles. The molecule has 0 radical (unpaired) electrons. The average molecular weight is 520 g/mol. The van der Waals surface area contributed by atoms with Crippen LogP contribution < -0.4 is 4.90 Å². The molecule has 36 heavy (non-hydrogen) atoms. The molecule has 0 atom stereocenters. The van der Waals surface area contributed by atoms with Gasteiger partial charge in [0.15, 0.2) is 5.13 Å². The van der Waals surface area contributed by atoms with Gasteiger partial charge in [-0.2, -0.15) is 0 Å². The van der Waals surface area contributed by atoms with Crippen LogP contribution in [0.4, 0.5) is 10.9 Å². The van der Waals surface area contributed by atoms with Gasteiger partial charge in [-0.3, -0.25) is 8.71 Å². The quantitative estimate of drug-likeness (QED) is 0.246. The van der Waals surface area contributed by atoms with Crippen LogP contribution in [0.1, 0.15) is 63.3 Å². The number of anilines is 2. The molecule has 0 unspecified atom stereocenters. The second kappa shape index (κ2) is 10.2. The summed E-state index contributed by atoms with van der Waals surface area (Å²) >= 11 is 3.55. The van der Waals surface area contributed by atoms with E-state index in [1.54, 1.807) is 11.3 Å². The Morgan fingerprint density at radius 1 is 1.06 bits per heavy atom. The summed E-state index contributed by atoms with van der Waals surface area (Å²) in [6, 6.07) is 13.3. The molecule has 1 saturated heterocycles. The summed E-state index contributed by atoms with van der Waals surface area (Å²) in [6.45, 7) is 11.2. The van der Waals surface area contributed by atoms with Crippen molar-refractivity contribution in [2.75, 3.05) is 31.3 Å². The fourth-order valence-electron chi connectivity index (χ4n) is 5.09. The second-order valence-corrected chi connectivity index (χ2v) is 12.4. The molecule has 190 valence electrons. The van der Waals surface area contributed by atoms with E-state index in [4.69, 9.17) is 9.97 Å². The summed E-state index contributed by atoms with van der Waals surface area (Å²) < 4.78 is 4.76. The second-order valence-electron chi connectivity index (χ2n) is 10.7. The molecule has 5 rings (SSSR count). The van der Waals surface area contributed by atoms with E-state index in [2.05, 4.69) is 103 Å². The SMILES string of the molecule is CCc1nc2ccc(C3CCN(SC)CC3)cn2c1N(C)c1nc(-c2ccc(C(C)(C)C)cc2)cs1. The summed E-state index contributed by atoms with van der Waals surface area (Å²) in [6.07, 6.45) is 7.80. The van der Waals surface area contributed by atoms with Crippen LogP contribution in [0.5, 0.6) is 0 Å². The average Bonchev–Trinajstić information content (AvgIpc) is 3.53. The van der Waals surface area contributed by atoms with Crippen LogP contribution in [0.3, 0.4) is 0 Å². The summed E-state index contributed by atoms with van der Waals surface area (Å²) in [4.78, 5) is 12.2. The Morgan fingerprint density at radius 2 is 1.78 bits per heavy atom. The van der Waals surface area contributed by atoms with Gasteiger partial charge in [0.25, 0.3) is 0 Å². The molecule has 3 aromatic heterocycles. The van der Waals surface area contributed by atoms with E-state index < -0.39 is 0 Å². The summed E-state index contributed by atoms with van der Waals surface area (Å²) in [5.74, 6) is 1.73. The third-order valence-electron chi connectivity index (χ3n) is 7.35. The van der Waals surface area contributed by atoms with Crippen LogP contribution >= 0.6 is 23.3 Å². The topological polar surface area (TPSA) is 36.7 Å². The molecule has 1 aliphatic rings. The van der Waals surface area contributed by atoms with Crippen molar-refractivity contribution in [3.8, 4) is 11.3 Å². The van der Waals surface area contributed by atoms with Gasteiger partial charge >= 0.3 is 0 Å². The molecule has 7 heteroatoms. The molecule has 5 nitrogen and oxygen atoms in total. The minimum absolute atomic E-state index is 0.149. The zero-order chi connectivity index (χ0) is 25.4. The molecule has 0 saturated carbocycles. The van der Waals surface area contributed by atoms with E-state index in [0.29, 0.717) is 5.92 Å². The monoisotopic (exact) mass is 519 g/mol. The Hall–Kier alpha value is -2.35. The van der Waals surface area contributed by atoms with Crippen LogP contribution in [0, 0.1) is 0 Å². The van der Waals surface area contributed by atoms with Gasteiger partial charge in [0.1, 0.15) is 11.5 Å². The number of benzene rings is 1. The number of aryl methyl sites for hydroxylation is 1. The number of nitrogens with zero attached hydrogens (tertiary/aromatic N) is 5. The minimum atomic E-state index is 0.149. The fraction of sp³-hybridized carbons (Fsp3) is 0.448. The van der Waals surface area contributed by atoms with Gasteiger partial charge in [-0.15, -0.1) is 11.3 Å². The largest absolute Gasteiger partial charge is 0.305 e.